The molecule has 0 radical (unpaired) electrons. The van der Waals surface area contributed by atoms with Crippen LogP contribution in [0.4, 0.5) is 0 Å². The number of hydrogen-bond donors (Lipinski definition) is 0. The van der Waals surface area contributed by atoms with Crippen molar-refractivity contribution < 1.29 is 23.5 Å². The fraction of sp³-hybridized carbons (Fsp3) is 0.556. The van der Waals surface area contributed by atoms with Crippen molar-refractivity contribution in [1.82, 2.24) is 0 Å². The van der Waals surface area contributed by atoms with Crippen LogP contribution in [0.15, 0.2) is 11.8 Å². The van der Waals surface area contributed by atoms with Crippen molar-refractivity contribution in [1.29, 1.82) is 0 Å². The van der Waals surface area contributed by atoms with Gasteiger partial charge in [0.1, 0.15) is 0 Å². The fourth-order valence-corrected chi connectivity index (χ4v) is 1.11. The zero-order valence-corrected chi connectivity index (χ0v) is 10.6. The molecule has 0 saturated heterocycles. The highest BCUT2D eigenvalue weighted by molar-refractivity contribution is 6.69. The minimum absolute atomic E-state index is 0.234. The normalized spacial score (nSPS) is 10.2. The van der Waals surface area contributed by atoms with Crippen LogP contribution in [0.2, 0.25) is 19.6 Å². The Morgan fingerprint density at radius 3 is 1.67 bits per heavy atom. The van der Waals surface area contributed by atoms with Crippen molar-refractivity contribution in [3.8, 4) is 0 Å². The van der Waals surface area contributed by atoms with E-state index in [-0.39, 0.29) is 5.57 Å². The number of rotatable bonds is 4. The lowest BCUT2D eigenvalue weighted by atomic mass is 10.3. The van der Waals surface area contributed by atoms with Gasteiger partial charge in [-0.2, -0.15) is 0 Å². The maximum atomic E-state index is 11.2. The van der Waals surface area contributed by atoms with E-state index in [1.165, 1.54) is 14.2 Å². The maximum absolute atomic E-state index is 11.2. The van der Waals surface area contributed by atoms with E-state index in [0.717, 1.165) is 6.26 Å². The zero-order chi connectivity index (χ0) is 12.1. The molecule has 0 spiro atoms. The van der Waals surface area contributed by atoms with Crippen molar-refractivity contribution in [2.75, 3.05) is 14.2 Å². The highest BCUT2D eigenvalue weighted by atomic mass is 28.4. The molecule has 0 bridgehead atoms. The lowest BCUT2D eigenvalue weighted by molar-refractivity contribution is -0.144. The number of ether oxygens (including phenoxy) is 2. The van der Waals surface area contributed by atoms with Gasteiger partial charge in [0.15, 0.2) is 5.57 Å². The molecule has 86 valence electrons. The van der Waals surface area contributed by atoms with Gasteiger partial charge in [-0.3, -0.25) is 0 Å². The molecule has 0 heterocycles. The molecule has 0 aromatic rings. The van der Waals surface area contributed by atoms with Crippen LogP contribution < -0.4 is 0 Å². The van der Waals surface area contributed by atoms with E-state index in [2.05, 4.69) is 9.47 Å². The van der Waals surface area contributed by atoms with Gasteiger partial charge >= 0.3 is 11.9 Å². The van der Waals surface area contributed by atoms with E-state index in [9.17, 15) is 9.59 Å². The summed E-state index contributed by atoms with van der Waals surface area (Å²) in [5, 5.41) is 0. The molecule has 0 aliphatic rings. The summed E-state index contributed by atoms with van der Waals surface area (Å²) in [5.41, 5.74) is -0.234. The molecule has 0 aromatic heterocycles. The Hall–Kier alpha value is -1.30. The first-order chi connectivity index (χ1) is 6.81. The Balaban J connectivity index is 4.79. The second kappa shape index (κ2) is 5.55. The van der Waals surface area contributed by atoms with Crippen molar-refractivity contribution in [2.45, 2.75) is 19.6 Å². The third-order valence-electron chi connectivity index (χ3n) is 1.34. The Morgan fingerprint density at radius 1 is 1.00 bits per heavy atom. The number of hydrogen-bond acceptors (Lipinski definition) is 5. The summed E-state index contributed by atoms with van der Waals surface area (Å²) in [6.45, 7) is 5.78. The molecule has 0 fully saturated rings. The van der Waals surface area contributed by atoms with Gasteiger partial charge in [0, 0.05) is 0 Å². The molecular formula is C9H16O5Si. The van der Waals surface area contributed by atoms with E-state index in [0.29, 0.717) is 0 Å². The Bertz CT molecular complexity index is 259. The molecule has 0 atom stereocenters. The molecule has 0 aliphatic heterocycles. The van der Waals surface area contributed by atoms with Gasteiger partial charge in [-0.15, -0.1) is 0 Å². The molecule has 0 amide bonds. The third-order valence-corrected chi connectivity index (χ3v) is 2.17. The Morgan fingerprint density at radius 2 is 1.40 bits per heavy atom. The van der Waals surface area contributed by atoms with Crippen LogP contribution in [-0.4, -0.2) is 34.5 Å². The van der Waals surface area contributed by atoms with Gasteiger partial charge in [-0.1, -0.05) is 0 Å². The topological polar surface area (TPSA) is 61.8 Å². The number of carbonyl (C=O) groups excluding carboxylic acids is 2. The first-order valence-corrected chi connectivity index (χ1v) is 7.77. The molecule has 15 heavy (non-hydrogen) atoms. The second-order valence-corrected chi connectivity index (χ2v) is 8.21. The average Bonchev–Trinajstić information content (AvgIpc) is 2.15. The van der Waals surface area contributed by atoms with Crippen LogP contribution >= 0.6 is 0 Å². The third kappa shape index (κ3) is 5.21. The lowest BCUT2D eigenvalue weighted by Crippen LogP contribution is -2.24. The van der Waals surface area contributed by atoms with Crippen LogP contribution in [0.1, 0.15) is 0 Å². The van der Waals surface area contributed by atoms with Gasteiger partial charge < -0.3 is 13.9 Å². The van der Waals surface area contributed by atoms with Crippen LogP contribution in [0.25, 0.3) is 0 Å². The van der Waals surface area contributed by atoms with Crippen LogP contribution in [0, 0.1) is 0 Å². The summed E-state index contributed by atoms with van der Waals surface area (Å²) in [5.74, 6) is -1.53. The lowest BCUT2D eigenvalue weighted by Gasteiger charge is -2.15. The van der Waals surface area contributed by atoms with Crippen LogP contribution in [0.3, 0.4) is 0 Å². The highest BCUT2D eigenvalue weighted by Crippen LogP contribution is 2.07. The largest absolute Gasteiger partial charge is 0.549 e. The summed E-state index contributed by atoms with van der Waals surface area (Å²) in [7, 11) is 0.547. The maximum Gasteiger partial charge on any atom is 0.348 e. The van der Waals surface area contributed by atoms with E-state index < -0.39 is 20.3 Å². The molecule has 0 unspecified atom stereocenters. The molecule has 5 nitrogen and oxygen atoms in total. The minimum atomic E-state index is -1.83. The van der Waals surface area contributed by atoms with Gasteiger partial charge in [-0.25, -0.2) is 9.59 Å². The standard InChI is InChI=1S/C9H16O5Si/c1-12-8(10)7(9(11)13-2)6-14-15(3,4)5/h6H,1-5H3. The SMILES string of the molecule is COC(=O)C(=CO[Si](C)(C)C)C(=O)OC. The number of methoxy groups -OCH3 is 2. The van der Waals surface area contributed by atoms with Crippen molar-refractivity contribution in [2.24, 2.45) is 0 Å². The van der Waals surface area contributed by atoms with E-state index in [1.807, 2.05) is 19.6 Å². The predicted molar refractivity (Wildman–Crippen MR) is 56.5 cm³/mol. The van der Waals surface area contributed by atoms with E-state index in [1.54, 1.807) is 0 Å². The Kier molecular flexibility index (Phi) is 5.06. The van der Waals surface area contributed by atoms with Crippen LogP contribution in [-0.2, 0) is 23.5 Å². The summed E-state index contributed by atoms with van der Waals surface area (Å²) >= 11 is 0. The van der Waals surface area contributed by atoms with Crippen LogP contribution in [0.5, 0.6) is 0 Å². The highest BCUT2D eigenvalue weighted by Gasteiger charge is 2.22. The first-order valence-electron chi connectivity index (χ1n) is 4.36. The van der Waals surface area contributed by atoms with Crippen molar-refractivity contribution >= 4 is 20.3 Å². The van der Waals surface area contributed by atoms with Gasteiger partial charge in [0.2, 0.25) is 8.32 Å². The zero-order valence-electron chi connectivity index (χ0n) is 9.62. The molecule has 0 saturated carbocycles. The summed E-state index contributed by atoms with van der Waals surface area (Å²) in [6.07, 6.45) is 1.11. The van der Waals surface area contributed by atoms with E-state index in [4.69, 9.17) is 4.43 Å². The molecule has 0 aromatic carbocycles. The van der Waals surface area contributed by atoms with Gasteiger partial charge in [0.05, 0.1) is 20.5 Å². The van der Waals surface area contributed by atoms with Gasteiger partial charge in [-0.05, 0) is 19.6 Å². The quantitative estimate of drug-likeness (QED) is 0.181. The molecule has 6 heteroatoms. The predicted octanol–water partition coefficient (Wildman–Crippen LogP) is 1.07. The average molecular weight is 232 g/mol. The second-order valence-electron chi connectivity index (χ2n) is 3.74. The van der Waals surface area contributed by atoms with Gasteiger partial charge in [0.25, 0.3) is 0 Å². The summed E-state index contributed by atoms with van der Waals surface area (Å²) in [4.78, 5) is 22.3. The fourth-order valence-electron chi connectivity index (χ4n) is 0.635. The van der Waals surface area contributed by atoms with Crippen molar-refractivity contribution in [3.05, 3.63) is 11.8 Å². The van der Waals surface area contributed by atoms with E-state index >= 15 is 0 Å². The molecular weight excluding hydrogens is 216 g/mol. The van der Waals surface area contributed by atoms with Crippen molar-refractivity contribution in [3.63, 3.8) is 0 Å². The minimum Gasteiger partial charge on any atom is -0.549 e. The number of esters is 2. The monoisotopic (exact) mass is 232 g/mol. The molecule has 0 rings (SSSR count). The molecule has 0 N–H and O–H groups in total. The summed E-state index contributed by atoms with van der Waals surface area (Å²) in [6, 6.07) is 0. The number of carbonyl (C=O) groups is 2. The smallest absolute Gasteiger partial charge is 0.348 e. The Labute approximate surface area is 90.1 Å². The molecule has 0 aliphatic carbocycles. The summed E-state index contributed by atoms with van der Waals surface area (Å²) < 4.78 is 14.2. The first kappa shape index (κ1) is 13.7.